The van der Waals surface area contributed by atoms with Crippen molar-refractivity contribution in [2.45, 2.75) is 31.4 Å². The summed E-state index contributed by atoms with van der Waals surface area (Å²) in [6, 6.07) is 16.3. The van der Waals surface area contributed by atoms with Crippen LogP contribution in [0.1, 0.15) is 31.2 Å². The van der Waals surface area contributed by atoms with Crippen LogP contribution in [-0.4, -0.2) is 61.7 Å². The molecule has 11 heteroatoms. The van der Waals surface area contributed by atoms with Crippen molar-refractivity contribution < 1.29 is 36.9 Å². The second-order valence-corrected chi connectivity index (χ2v) is 10.8. The lowest BCUT2D eigenvalue weighted by Crippen LogP contribution is -2.41. The summed E-state index contributed by atoms with van der Waals surface area (Å²) in [5.41, 5.74) is 1.20. The van der Waals surface area contributed by atoms with Gasteiger partial charge >= 0.3 is 6.16 Å². The molecule has 208 valence electrons. The number of ether oxygens (including phenoxy) is 3. The maximum absolute atomic E-state index is 13.6. The van der Waals surface area contributed by atoms with Gasteiger partial charge in [0.1, 0.15) is 29.7 Å². The van der Waals surface area contributed by atoms with Gasteiger partial charge in [-0.2, -0.15) is 4.31 Å². The Morgan fingerprint density at radius 2 is 1.62 bits per heavy atom. The second kappa shape index (κ2) is 12.5. The fourth-order valence-electron chi connectivity index (χ4n) is 4.38. The van der Waals surface area contributed by atoms with Crippen LogP contribution < -0.4 is 9.47 Å². The number of rotatable bonds is 11. The van der Waals surface area contributed by atoms with Crippen LogP contribution in [0.2, 0.25) is 0 Å². The monoisotopic (exact) mass is 558 g/mol. The number of carboxylic acid groups (broad SMARTS) is 1. The molecule has 1 aliphatic rings. The molecule has 3 aromatic carbocycles. The first-order valence-electron chi connectivity index (χ1n) is 12.6. The summed E-state index contributed by atoms with van der Waals surface area (Å²) in [6.07, 6.45) is -2.58. The lowest BCUT2D eigenvalue weighted by Gasteiger charge is -2.35. The van der Waals surface area contributed by atoms with Crippen molar-refractivity contribution in [2.24, 2.45) is 0 Å². The van der Waals surface area contributed by atoms with E-state index in [1.54, 1.807) is 18.2 Å². The quantitative estimate of drug-likeness (QED) is 0.317. The van der Waals surface area contributed by atoms with Crippen molar-refractivity contribution in [3.8, 4) is 17.2 Å². The SMILES string of the molecule is CCN(CC)CCOc1ccc2c(c1)CCN(S(=O)(=O)c1ccc(Oc3ccc(F)cc3)cc1)C2OC(=O)O. The molecule has 1 heterocycles. The van der Waals surface area contributed by atoms with Crippen LogP contribution in [-0.2, 0) is 21.2 Å². The molecular weight excluding hydrogens is 527 g/mol. The minimum absolute atomic E-state index is 0.0179. The van der Waals surface area contributed by atoms with E-state index in [4.69, 9.17) is 14.2 Å². The van der Waals surface area contributed by atoms with Crippen LogP contribution in [0.4, 0.5) is 9.18 Å². The van der Waals surface area contributed by atoms with Crippen molar-refractivity contribution in [1.82, 2.24) is 9.21 Å². The summed E-state index contributed by atoms with van der Waals surface area (Å²) in [5.74, 6) is 0.981. The van der Waals surface area contributed by atoms with Crippen molar-refractivity contribution in [1.29, 1.82) is 0 Å². The molecule has 0 spiro atoms. The van der Waals surface area contributed by atoms with E-state index in [0.717, 1.165) is 29.5 Å². The van der Waals surface area contributed by atoms with Crippen molar-refractivity contribution in [3.05, 3.63) is 83.7 Å². The molecule has 0 radical (unpaired) electrons. The van der Waals surface area contributed by atoms with Gasteiger partial charge in [-0.3, -0.25) is 0 Å². The number of hydrogen-bond acceptors (Lipinski definition) is 7. The molecule has 1 aliphatic heterocycles. The van der Waals surface area contributed by atoms with Crippen molar-refractivity contribution in [3.63, 3.8) is 0 Å². The Kier molecular flexibility index (Phi) is 9.05. The van der Waals surface area contributed by atoms with Crippen LogP contribution >= 0.6 is 0 Å². The first kappa shape index (κ1) is 28.3. The fraction of sp³-hybridized carbons (Fsp3) is 0.321. The molecule has 1 N–H and O–H groups in total. The van der Waals surface area contributed by atoms with E-state index < -0.39 is 28.2 Å². The minimum Gasteiger partial charge on any atom is -0.492 e. The highest BCUT2D eigenvalue weighted by atomic mass is 32.2. The number of benzene rings is 3. The highest BCUT2D eigenvalue weighted by Gasteiger charge is 2.39. The number of likely N-dealkylation sites (N-methyl/N-ethyl adjacent to an activating group) is 1. The van der Waals surface area contributed by atoms with Crippen LogP contribution in [0.15, 0.2) is 71.6 Å². The Morgan fingerprint density at radius 1 is 1.00 bits per heavy atom. The number of halogens is 1. The number of sulfonamides is 1. The summed E-state index contributed by atoms with van der Waals surface area (Å²) in [4.78, 5) is 13.7. The van der Waals surface area contributed by atoms with Crippen LogP contribution in [0.25, 0.3) is 0 Å². The minimum atomic E-state index is -4.13. The van der Waals surface area contributed by atoms with Gasteiger partial charge in [0.2, 0.25) is 10.0 Å². The number of nitrogens with zero attached hydrogens (tertiary/aromatic N) is 2. The smallest absolute Gasteiger partial charge is 0.492 e. The molecule has 0 amide bonds. The lowest BCUT2D eigenvalue weighted by molar-refractivity contribution is -0.00579. The molecule has 39 heavy (non-hydrogen) atoms. The van der Waals surface area contributed by atoms with Gasteiger partial charge in [-0.05, 0) is 91.8 Å². The first-order valence-corrected chi connectivity index (χ1v) is 14.1. The molecule has 0 saturated carbocycles. The van der Waals surface area contributed by atoms with Crippen LogP contribution in [0.3, 0.4) is 0 Å². The summed E-state index contributed by atoms with van der Waals surface area (Å²) in [7, 11) is -4.13. The lowest BCUT2D eigenvalue weighted by atomic mass is 9.99. The molecule has 0 fully saturated rings. The van der Waals surface area contributed by atoms with Gasteiger partial charge in [0.15, 0.2) is 6.23 Å². The van der Waals surface area contributed by atoms with Crippen molar-refractivity contribution in [2.75, 3.05) is 32.8 Å². The Bertz CT molecular complexity index is 1380. The van der Waals surface area contributed by atoms with Gasteiger partial charge < -0.3 is 24.2 Å². The Balaban J connectivity index is 1.52. The Labute approximate surface area is 227 Å². The molecule has 4 rings (SSSR count). The largest absolute Gasteiger partial charge is 0.507 e. The third kappa shape index (κ3) is 6.86. The van der Waals surface area contributed by atoms with E-state index in [-0.39, 0.29) is 11.4 Å². The van der Waals surface area contributed by atoms with E-state index in [9.17, 15) is 22.7 Å². The van der Waals surface area contributed by atoms with E-state index in [0.29, 0.717) is 35.8 Å². The maximum Gasteiger partial charge on any atom is 0.507 e. The Morgan fingerprint density at radius 3 is 2.23 bits per heavy atom. The third-order valence-electron chi connectivity index (χ3n) is 6.51. The molecule has 0 aliphatic carbocycles. The molecule has 0 aromatic heterocycles. The summed E-state index contributed by atoms with van der Waals surface area (Å²) in [6.45, 7) is 7.30. The zero-order chi connectivity index (χ0) is 28.0. The van der Waals surface area contributed by atoms with Gasteiger partial charge in [-0.15, -0.1) is 0 Å². The highest BCUT2D eigenvalue weighted by Crippen LogP contribution is 2.37. The average molecular weight is 559 g/mol. The standard InChI is InChI=1S/C28H31FN2O7S/c1-3-30(4-2)17-18-36-24-11-14-26-20(19-24)15-16-31(27(26)38-28(32)33)39(34,35)25-12-9-23(10-13-25)37-22-7-5-21(29)6-8-22/h5-14,19,27H,3-4,15-18H2,1-2H3,(H,32,33). The van der Waals surface area contributed by atoms with Crippen LogP contribution in [0, 0.1) is 5.82 Å². The highest BCUT2D eigenvalue weighted by molar-refractivity contribution is 7.89. The second-order valence-electron chi connectivity index (χ2n) is 8.87. The molecule has 9 nitrogen and oxygen atoms in total. The van der Waals surface area contributed by atoms with E-state index >= 15 is 0 Å². The molecule has 0 bridgehead atoms. The summed E-state index contributed by atoms with van der Waals surface area (Å²) >= 11 is 0. The van der Waals surface area contributed by atoms with E-state index in [2.05, 4.69) is 18.7 Å². The number of carbonyl (C=O) groups is 1. The molecule has 1 atom stereocenters. The predicted molar refractivity (Wildman–Crippen MR) is 142 cm³/mol. The zero-order valence-electron chi connectivity index (χ0n) is 21.7. The molecule has 0 saturated heterocycles. The number of hydrogen-bond donors (Lipinski definition) is 1. The van der Waals surface area contributed by atoms with Gasteiger partial charge in [-0.25, -0.2) is 17.6 Å². The zero-order valence-corrected chi connectivity index (χ0v) is 22.6. The molecular formula is C28H31FN2O7S. The maximum atomic E-state index is 13.6. The van der Waals surface area contributed by atoms with Gasteiger partial charge in [0.05, 0.1) is 4.90 Å². The normalized spacial score (nSPS) is 15.5. The summed E-state index contributed by atoms with van der Waals surface area (Å²) < 4.78 is 57.9. The van der Waals surface area contributed by atoms with Gasteiger partial charge in [0.25, 0.3) is 0 Å². The van der Waals surface area contributed by atoms with E-state index in [1.165, 1.54) is 48.5 Å². The third-order valence-corrected chi connectivity index (χ3v) is 8.37. The molecule has 1 unspecified atom stereocenters. The first-order chi connectivity index (χ1) is 18.7. The van der Waals surface area contributed by atoms with E-state index in [1.807, 2.05) is 0 Å². The van der Waals surface area contributed by atoms with Crippen LogP contribution in [0.5, 0.6) is 17.2 Å². The topological polar surface area (TPSA) is 106 Å². The summed E-state index contributed by atoms with van der Waals surface area (Å²) in [5, 5.41) is 9.40. The number of fused-ring (bicyclic) bond motifs is 1. The average Bonchev–Trinajstić information content (AvgIpc) is 2.92. The van der Waals surface area contributed by atoms with Crippen molar-refractivity contribution >= 4 is 16.2 Å². The predicted octanol–water partition coefficient (Wildman–Crippen LogP) is 5.28. The Hall–Kier alpha value is -3.67. The molecule has 3 aromatic rings. The van der Waals surface area contributed by atoms with Gasteiger partial charge in [-0.1, -0.05) is 13.8 Å². The van der Waals surface area contributed by atoms with Gasteiger partial charge in [0, 0.05) is 18.7 Å². The fourth-order valence-corrected chi connectivity index (χ4v) is 5.87.